The Kier molecular flexibility index (Phi) is 3.51. The summed E-state index contributed by atoms with van der Waals surface area (Å²) >= 11 is 0. The van der Waals surface area contributed by atoms with Gasteiger partial charge in [0.1, 0.15) is 5.69 Å². The van der Waals surface area contributed by atoms with Crippen molar-refractivity contribution in [3.05, 3.63) is 36.0 Å². The zero-order valence-corrected chi connectivity index (χ0v) is 11.8. The summed E-state index contributed by atoms with van der Waals surface area (Å²) in [5, 5.41) is 1.02. The maximum atomic E-state index is 12.5. The molecule has 2 amide bonds. The molecule has 0 spiro atoms. The second kappa shape index (κ2) is 5.47. The van der Waals surface area contributed by atoms with E-state index in [-0.39, 0.29) is 12.0 Å². The van der Waals surface area contributed by atoms with Crippen molar-refractivity contribution in [1.29, 1.82) is 0 Å². The van der Waals surface area contributed by atoms with Gasteiger partial charge in [-0.25, -0.2) is 4.79 Å². The van der Waals surface area contributed by atoms with Gasteiger partial charge in [0.05, 0.1) is 7.11 Å². The third kappa shape index (κ3) is 2.56. The molecule has 3 rings (SSSR count). The third-order valence-electron chi connectivity index (χ3n) is 3.76. The van der Waals surface area contributed by atoms with E-state index in [0.717, 1.165) is 10.9 Å². The smallest absolute Gasteiger partial charge is 0.409 e. The number of aromatic nitrogens is 1. The van der Waals surface area contributed by atoms with Crippen molar-refractivity contribution >= 4 is 22.9 Å². The van der Waals surface area contributed by atoms with Gasteiger partial charge in [-0.3, -0.25) is 4.79 Å². The maximum Gasteiger partial charge on any atom is 0.409 e. The lowest BCUT2D eigenvalue weighted by molar-refractivity contribution is 0.0595. The Morgan fingerprint density at radius 3 is 2.43 bits per heavy atom. The Balaban J connectivity index is 1.70. The number of carbonyl (C=O) groups is 2. The van der Waals surface area contributed by atoms with Crippen molar-refractivity contribution in [2.45, 2.75) is 0 Å². The fraction of sp³-hybridized carbons (Fsp3) is 0.333. The molecule has 0 atom stereocenters. The number of benzene rings is 1. The summed E-state index contributed by atoms with van der Waals surface area (Å²) in [6.45, 7) is 2.03. The number of rotatable bonds is 1. The van der Waals surface area contributed by atoms with Crippen molar-refractivity contribution in [1.82, 2.24) is 14.8 Å². The summed E-state index contributed by atoms with van der Waals surface area (Å²) in [4.78, 5) is 30.4. The first-order valence-corrected chi connectivity index (χ1v) is 6.89. The summed E-state index contributed by atoms with van der Waals surface area (Å²) in [7, 11) is 1.37. The average Bonchev–Trinajstić information content (AvgIpc) is 2.97. The fourth-order valence-corrected chi connectivity index (χ4v) is 2.58. The minimum atomic E-state index is -0.340. The van der Waals surface area contributed by atoms with Gasteiger partial charge in [-0.1, -0.05) is 18.2 Å². The number of hydrogen-bond acceptors (Lipinski definition) is 3. The van der Waals surface area contributed by atoms with Crippen LogP contribution >= 0.6 is 0 Å². The normalized spacial score (nSPS) is 15.3. The molecule has 21 heavy (non-hydrogen) atoms. The van der Waals surface area contributed by atoms with Crippen LogP contribution in [0.25, 0.3) is 10.9 Å². The number of nitrogens with one attached hydrogen (secondary N) is 1. The van der Waals surface area contributed by atoms with E-state index in [9.17, 15) is 9.59 Å². The number of piperazine rings is 1. The Morgan fingerprint density at radius 1 is 1.10 bits per heavy atom. The van der Waals surface area contributed by atoms with Crippen LogP contribution in [0.4, 0.5) is 4.79 Å². The first-order chi connectivity index (χ1) is 10.2. The van der Waals surface area contributed by atoms with E-state index in [4.69, 9.17) is 0 Å². The molecule has 1 aliphatic rings. The molecule has 1 fully saturated rings. The van der Waals surface area contributed by atoms with Crippen LogP contribution in [0.15, 0.2) is 30.3 Å². The van der Waals surface area contributed by atoms with Gasteiger partial charge in [-0.05, 0) is 12.1 Å². The van der Waals surface area contributed by atoms with Gasteiger partial charge in [0.2, 0.25) is 0 Å². The number of carbonyl (C=O) groups excluding carboxylic acids is 2. The molecule has 0 bridgehead atoms. The monoisotopic (exact) mass is 287 g/mol. The minimum Gasteiger partial charge on any atom is -0.453 e. The molecule has 1 aliphatic heterocycles. The lowest BCUT2D eigenvalue weighted by Gasteiger charge is -2.33. The number of aromatic amines is 1. The van der Waals surface area contributed by atoms with Crippen LogP contribution in [0.1, 0.15) is 10.5 Å². The van der Waals surface area contributed by atoms with E-state index in [0.29, 0.717) is 31.9 Å². The van der Waals surface area contributed by atoms with Gasteiger partial charge >= 0.3 is 6.09 Å². The van der Waals surface area contributed by atoms with Crippen molar-refractivity contribution < 1.29 is 14.3 Å². The average molecular weight is 287 g/mol. The van der Waals surface area contributed by atoms with Crippen molar-refractivity contribution in [2.75, 3.05) is 33.3 Å². The summed E-state index contributed by atoms with van der Waals surface area (Å²) < 4.78 is 4.69. The van der Waals surface area contributed by atoms with Crippen LogP contribution in [-0.2, 0) is 4.74 Å². The summed E-state index contributed by atoms with van der Waals surface area (Å²) in [5.74, 6) is -0.0317. The number of methoxy groups -OCH3 is 1. The zero-order valence-electron chi connectivity index (χ0n) is 11.8. The Morgan fingerprint density at radius 2 is 1.76 bits per heavy atom. The summed E-state index contributed by atoms with van der Waals surface area (Å²) in [6, 6.07) is 9.66. The number of para-hydroxylation sites is 1. The van der Waals surface area contributed by atoms with Gasteiger partial charge in [-0.15, -0.1) is 0 Å². The molecule has 1 aromatic carbocycles. The predicted molar refractivity (Wildman–Crippen MR) is 78.2 cm³/mol. The Labute approximate surface area is 122 Å². The van der Waals surface area contributed by atoms with Crippen LogP contribution < -0.4 is 0 Å². The topological polar surface area (TPSA) is 65.6 Å². The third-order valence-corrected chi connectivity index (χ3v) is 3.76. The molecule has 1 aromatic heterocycles. The Bertz CT molecular complexity index is 639. The molecule has 6 nitrogen and oxygen atoms in total. The molecule has 1 saturated heterocycles. The van der Waals surface area contributed by atoms with Crippen molar-refractivity contribution in [3.8, 4) is 0 Å². The van der Waals surface area contributed by atoms with Gasteiger partial charge in [0, 0.05) is 37.1 Å². The standard InChI is InChI=1S/C15H17N3O3/c1-21-15(20)18-8-6-17(7-9-18)14(19)13-10-11-4-2-3-5-12(11)16-13/h2-5,10,16H,6-9H2,1H3. The second-order valence-corrected chi connectivity index (χ2v) is 5.02. The molecule has 0 saturated carbocycles. The molecule has 0 radical (unpaired) electrons. The highest BCUT2D eigenvalue weighted by molar-refractivity contribution is 5.98. The van der Waals surface area contributed by atoms with E-state index >= 15 is 0 Å². The van der Waals surface area contributed by atoms with Crippen LogP contribution in [0.5, 0.6) is 0 Å². The van der Waals surface area contributed by atoms with Gasteiger partial charge in [0.15, 0.2) is 0 Å². The van der Waals surface area contributed by atoms with Crippen LogP contribution in [0.3, 0.4) is 0 Å². The highest BCUT2D eigenvalue weighted by Gasteiger charge is 2.25. The number of nitrogens with zero attached hydrogens (tertiary/aromatic N) is 2. The first kappa shape index (κ1) is 13.5. The van der Waals surface area contributed by atoms with Crippen LogP contribution in [-0.4, -0.2) is 60.1 Å². The summed E-state index contributed by atoms with van der Waals surface area (Å²) in [5.41, 5.74) is 1.54. The molecular weight excluding hydrogens is 270 g/mol. The van der Waals surface area contributed by atoms with Crippen LogP contribution in [0, 0.1) is 0 Å². The largest absolute Gasteiger partial charge is 0.453 e. The molecule has 2 heterocycles. The van der Waals surface area contributed by atoms with E-state index in [2.05, 4.69) is 9.72 Å². The molecule has 2 aromatic rings. The molecule has 0 unspecified atom stereocenters. The van der Waals surface area contributed by atoms with Crippen molar-refractivity contribution in [3.63, 3.8) is 0 Å². The molecular formula is C15H17N3O3. The van der Waals surface area contributed by atoms with Gasteiger partial charge in [0.25, 0.3) is 5.91 Å². The molecule has 6 heteroatoms. The maximum absolute atomic E-state index is 12.5. The fourth-order valence-electron chi connectivity index (χ4n) is 2.58. The summed E-state index contributed by atoms with van der Waals surface area (Å²) in [6.07, 6.45) is -0.340. The zero-order chi connectivity index (χ0) is 14.8. The highest BCUT2D eigenvalue weighted by Crippen LogP contribution is 2.17. The number of hydrogen-bond donors (Lipinski definition) is 1. The van der Waals surface area contributed by atoms with Crippen molar-refractivity contribution in [2.24, 2.45) is 0 Å². The highest BCUT2D eigenvalue weighted by atomic mass is 16.5. The van der Waals surface area contributed by atoms with Gasteiger partial charge < -0.3 is 19.5 Å². The minimum absolute atomic E-state index is 0.0317. The van der Waals surface area contributed by atoms with Gasteiger partial charge in [-0.2, -0.15) is 0 Å². The number of amides is 2. The SMILES string of the molecule is COC(=O)N1CCN(C(=O)c2cc3ccccc3[nH]2)CC1. The molecule has 110 valence electrons. The number of fused-ring (bicyclic) bond motifs is 1. The Hall–Kier alpha value is -2.50. The van der Waals surface area contributed by atoms with E-state index in [1.54, 1.807) is 9.80 Å². The number of ether oxygens (including phenoxy) is 1. The van der Waals surface area contributed by atoms with Crippen LogP contribution in [0.2, 0.25) is 0 Å². The number of H-pyrrole nitrogens is 1. The lowest BCUT2D eigenvalue weighted by Crippen LogP contribution is -2.50. The quantitative estimate of drug-likeness (QED) is 0.868. The molecule has 0 aliphatic carbocycles. The second-order valence-electron chi connectivity index (χ2n) is 5.02. The lowest BCUT2D eigenvalue weighted by atomic mass is 10.2. The van der Waals surface area contributed by atoms with E-state index in [1.807, 2.05) is 30.3 Å². The first-order valence-electron chi connectivity index (χ1n) is 6.89. The molecule has 1 N–H and O–H groups in total. The van der Waals surface area contributed by atoms with E-state index < -0.39 is 0 Å². The predicted octanol–water partition coefficient (Wildman–Crippen LogP) is 1.69. The van der Waals surface area contributed by atoms with E-state index in [1.165, 1.54) is 7.11 Å².